The molecule has 108 heavy (non-hydrogen) atoms. The summed E-state index contributed by atoms with van der Waals surface area (Å²) in [4.78, 5) is 7.19. The van der Waals surface area contributed by atoms with E-state index in [0.29, 0.717) is 0 Å². The van der Waals surface area contributed by atoms with E-state index in [9.17, 15) is 0 Å². The topological polar surface area (TPSA) is 9.72 Å². The molecule has 0 spiro atoms. The minimum Gasteiger partial charge on any atom is -0.310 e. The van der Waals surface area contributed by atoms with E-state index < -0.39 is 0 Å². The number of rotatable bonds is 9. The van der Waals surface area contributed by atoms with E-state index >= 15 is 0 Å². The molecule has 21 aromatic rings. The van der Waals surface area contributed by atoms with Crippen LogP contribution in [0.4, 0.5) is 51.2 Å². The van der Waals surface area contributed by atoms with Crippen molar-refractivity contribution in [2.24, 2.45) is 0 Å². The first-order chi connectivity index (χ1) is 53.3. The molecule has 3 nitrogen and oxygen atoms in total. The van der Waals surface area contributed by atoms with Crippen molar-refractivity contribution >= 4 is 180 Å². The van der Waals surface area contributed by atoms with Crippen LogP contribution in [0, 0.1) is 20.8 Å². The highest BCUT2D eigenvalue weighted by Gasteiger charge is 2.23. The van der Waals surface area contributed by atoms with Crippen LogP contribution in [0.1, 0.15) is 16.7 Å². The first-order valence-corrected chi connectivity index (χ1v) is 37.4. The number of anilines is 9. The fourth-order valence-electron chi connectivity index (χ4n) is 16.6. The first-order valence-electron chi connectivity index (χ1n) is 37.4. The lowest BCUT2D eigenvalue weighted by Gasteiger charge is -2.30. The molecule has 0 saturated carbocycles. The van der Waals surface area contributed by atoms with Crippen LogP contribution >= 0.6 is 0 Å². The second-order valence-electron chi connectivity index (χ2n) is 28.6. The van der Waals surface area contributed by atoms with E-state index in [1.807, 2.05) is 0 Å². The predicted octanol–water partition coefficient (Wildman–Crippen LogP) is 30.2. The highest BCUT2D eigenvalue weighted by Crippen LogP contribution is 2.48. The lowest BCUT2D eigenvalue weighted by atomic mass is 9.97. The van der Waals surface area contributed by atoms with Crippen LogP contribution in [-0.4, -0.2) is 0 Å². The van der Waals surface area contributed by atoms with E-state index in [2.05, 4.69) is 436 Å². The van der Waals surface area contributed by atoms with Crippen molar-refractivity contribution in [3.05, 3.63) is 417 Å². The number of para-hydroxylation sites is 1. The monoisotopic (exact) mass is 1380 g/mol. The number of fused-ring (bicyclic) bond motifs is 18. The smallest absolute Gasteiger partial charge is 0.0546 e. The molecule has 0 aromatic heterocycles. The van der Waals surface area contributed by atoms with E-state index in [4.69, 9.17) is 0 Å². The maximum atomic E-state index is 2.46. The normalized spacial score (nSPS) is 11.5. The minimum atomic E-state index is 1.15. The van der Waals surface area contributed by atoms with Crippen LogP contribution in [0.3, 0.4) is 0 Å². The van der Waals surface area contributed by atoms with Crippen molar-refractivity contribution in [1.29, 1.82) is 0 Å². The van der Waals surface area contributed by atoms with Crippen LogP contribution in [0.15, 0.2) is 400 Å². The van der Waals surface area contributed by atoms with Crippen LogP contribution in [0.25, 0.3) is 129 Å². The minimum absolute atomic E-state index is 1.15. The zero-order valence-corrected chi connectivity index (χ0v) is 60.4. The van der Waals surface area contributed by atoms with Crippen molar-refractivity contribution < 1.29 is 0 Å². The van der Waals surface area contributed by atoms with Gasteiger partial charge in [-0.3, -0.25) is 0 Å². The maximum absolute atomic E-state index is 2.46. The summed E-state index contributed by atoms with van der Waals surface area (Å²) in [6.07, 6.45) is 0. The molecule has 510 valence electrons. The molecule has 0 atom stereocenters. The van der Waals surface area contributed by atoms with Gasteiger partial charge in [0.15, 0.2) is 0 Å². The quantitative estimate of drug-likeness (QED) is 0.133. The molecule has 21 rings (SSSR count). The van der Waals surface area contributed by atoms with Gasteiger partial charge in [-0.15, -0.1) is 0 Å². The fourth-order valence-corrected chi connectivity index (χ4v) is 16.6. The molecule has 0 aliphatic rings. The molecule has 21 aromatic carbocycles. The lowest BCUT2D eigenvalue weighted by Crippen LogP contribution is -2.12. The van der Waals surface area contributed by atoms with Crippen molar-refractivity contribution in [3.8, 4) is 0 Å². The lowest BCUT2D eigenvalue weighted by molar-refractivity contribution is 1.28. The van der Waals surface area contributed by atoms with Gasteiger partial charge in [-0.25, -0.2) is 0 Å². The van der Waals surface area contributed by atoms with Gasteiger partial charge in [0.2, 0.25) is 0 Å². The van der Waals surface area contributed by atoms with Gasteiger partial charge in [0.25, 0.3) is 0 Å². The Morgan fingerprint density at radius 2 is 0.417 bits per heavy atom. The third-order valence-corrected chi connectivity index (χ3v) is 21.8. The molecule has 0 unspecified atom stereocenters. The third kappa shape index (κ3) is 11.9. The van der Waals surface area contributed by atoms with Gasteiger partial charge >= 0.3 is 0 Å². The van der Waals surface area contributed by atoms with Crippen molar-refractivity contribution in [1.82, 2.24) is 0 Å². The summed E-state index contributed by atoms with van der Waals surface area (Å²) in [5, 5.41) is 30.5. The molecule has 0 aliphatic heterocycles. The zero-order valence-electron chi connectivity index (χ0n) is 60.4. The Bertz CT molecular complexity index is 6840. The number of aryl methyl sites for hydroxylation is 3. The standard InChI is InChI=1S/3C35H25N/c1-24-11-2-9-19-33(24)36(34-20-10-18-30-27-14-5-3-12-25(27)21-22-32(30)34)35-23-26-13-4-6-15-28(26)29-16-7-8-17-31(29)35;1-24-7-6-10-29(21-24)36(30-17-19-34-27(22-30)15-13-25-8-2-4-11-32(25)34)31-18-20-35-28(23-31)16-14-26-9-3-5-12-33(26)35;1-24-10-16-29(17-11-24)36(30-18-20-34-27(22-30)14-12-25-6-2-4-8-32(25)34)31-19-21-35-28(23-31)15-13-26-7-3-5-9-33(26)35/h3*2-23H,1H3. The van der Waals surface area contributed by atoms with E-state index in [-0.39, 0.29) is 0 Å². The van der Waals surface area contributed by atoms with Gasteiger partial charge in [0.05, 0.1) is 11.4 Å². The Labute approximate surface area is 628 Å². The summed E-state index contributed by atoms with van der Waals surface area (Å²) >= 11 is 0. The average Bonchev–Trinajstić information content (AvgIpc) is 0.763. The van der Waals surface area contributed by atoms with Crippen LogP contribution < -0.4 is 14.7 Å². The van der Waals surface area contributed by atoms with Gasteiger partial charge in [0.1, 0.15) is 0 Å². The number of hydrogen-bond donors (Lipinski definition) is 0. The summed E-state index contributed by atoms with van der Waals surface area (Å²) in [5.41, 5.74) is 14.3. The molecular weight excluding hydrogens is 1300 g/mol. The molecule has 0 aliphatic carbocycles. The van der Waals surface area contributed by atoms with E-state index in [1.165, 1.54) is 163 Å². The Kier molecular flexibility index (Phi) is 16.6. The fraction of sp³-hybridized carbons (Fsp3) is 0.0286. The molecule has 0 amide bonds. The molecule has 3 heteroatoms. The van der Waals surface area contributed by atoms with Gasteiger partial charge in [0, 0.05) is 50.6 Å². The zero-order chi connectivity index (χ0) is 72.2. The van der Waals surface area contributed by atoms with Crippen LogP contribution in [-0.2, 0) is 0 Å². The number of hydrogen-bond acceptors (Lipinski definition) is 3. The molecule has 0 fully saturated rings. The predicted molar refractivity (Wildman–Crippen MR) is 468 cm³/mol. The van der Waals surface area contributed by atoms with Crippen LogP contribution in [0.5, 0.6) is 0 Å². The number of nitrogens with zero attached hydrogens (tertiary/aromatic N) is 3. The number of benzene rings is 21. The second-order valence-corrected chi connectivity index (χ2v) is 28.6. The summed E-state index contributed by atoms with van der Waals surface area (Å²) in [5.74, 6) is 0. The van der Waals surface area contributed by atoms with E-state index in [1.54, 1.807) is 0 Å². The summed E-state index contributed by atoms with van der Waals surface area (Å²) < 4.78 is 0. The Hall–Kier alpha value is -13.9. The van der Waals surface area contributed by atoms with Crippen molar-refractivity contribution in [2.75, 3.05) is 14.7 Å². The maximum Gasteiger partial charge on any atom is 0.0546 e. The van der Waals surface area contributed by atoms with Crippen molar-refractivity contribution in [3.63, 3.8) is 0 Å². The average molecular weight is 1380 g/mol. The Morgan fingerprint density at radius 3 is 0.861 bits per heavy atom. The van der Waals surface area contributed by atoms with Gasteiger partial charge < -0.3 is 14.7 Å². The van der Waals surface area contributed by atoms with Crippen molar-refractivity contribution in [2.45, 2.75) is 20.8 Å². The van der Waals surface area contributed by atoms with Gasteiger partial charge in [-0.1, -0.05) is 315 Å². The molecule has 0 N–H and O–H groups in total. The molecule has 0 saturated heterocycles. The molecular formula is C105H75N3. The highest BCUT2D eigenvalue weighted by molar-refractivity contribution is 6.19. The third-order valence-electron chi connectivity index (χ3n) is 21.8. The van der Waals surface area contributed by atoms with Crippen LogP contribution in [0.2, 0.25) is 0 Å². The Balaban J connectivity index is 0.000000110. The highest BCUT2D eigenvalue weighted by atomic mass is 15.2. The molecule has 0 bridgehead atoms. The second kappa shape index (κ2) is 27.6. The molecule has 0 radical (unpaired) electrons. The van der Waals surface area contributed by atoms with Gasteiger partial charge in [-0.05, 0) is 241 Å². The Morgan fingerprint density at radius 1 is 0.139 bits per heavy atom. The first kappa shape index (κ1) is 64.9. The summed E-state index contributed by atoms with van der Waals surface area (Å²) in [7, 11) is 0. The van der Waals surface area contributed by atoms with E-state index in [0.717, 1.165) is 34.1 Å². The van der Waals surface area contributed by atoms with Gasteiger partial charge in [-0.2, -0.15) is 0 Å². The SMILES string of the molecule is Cc1ccc(N(c2ccc3c(ccc4ccccc43)c2)c2ccc3c(ccc4ccccc43)c2)cc1.Cc1cccc(N(c2ccc3c(ccc4ccccc43)c2)c2ccc3c(ccc4ccccc43)c2)c1.Cc1ccccc1N(c1cccc2c1ccc1ccccc12)c1cc2ccccc2c2ccccc12. The summed E-state index contributed by atoms with van der Waals surface area (Å²) in [6, 6.07) is 146. The largest absolute Gasteiger partial charge is 0.310 e. The molecule has 0 heterocycles. The summed E-state index contributed by atoms with van der Waals surface area (Å²) in [6.45, 7) is 6.49.